The highest BCUT2D eigenvalue weighted by Gasteiger charge is 2.43. The van der Waals surface area contributed by atoms with Crippen LogP contribution in [0.3, 0.4) is 0 Å². The Balaban J connectivity index is 1.45. The lowest BCUT2D eigenvalue weighted by Gasteiger charge is -2.43. The Bertz CT molecular complexity index is 839. The van der Waals surface area contributed by atoms with Gasteiger partial charge in [0.2, 0.25) is 5.91 Å². The lowest BCUT2D eigenvalue weighted by atomic mass is 9.83. The minimum atomic E-state index is -4.46. The first kappa shape index (κ1) is 18.0. The van der Waals surface area contributed by atoms with Gasteiger partial charge in [-0.25, -0.2) is 0 Å². The van der Waals surface area contributed by atoms with Gasteiger partial charge in [0.15, 0.2) is 0 Å². The fraction of sp³-hybridized carbons (Fsp3) is 0.474. The average molecular weight is 379 g/mol. The quantitative estimate of drug-likeness (QED) is 0.873. The summed E-state index contributed by atoms with van der Waals surface area (Å²) in [6, 6.07) is 5.25. The van der Waals surface area contributed by atoms with Crippen LogP contribution in [0, 0.1) is 0 Å². The standard InChI is InChI=1S/C19H20F3N3O2/c20-19(21,22)15-4-2-1-3-13(15)11-16(26)25-8-6-18(7-9-25)17-14(5-10-27-18)12-23-24-17/h1-4,12H,5-11H2,(H,23,24). The summed E-state index contributed by atoms with van der Waals surface area (Å²) in [4.78, 5) is 14.2. The van der Waals surface area contributed by atoms with E-state index in [1.807, 2.05) is 6.20 Å². The van der Waals surface area contributed by atoms with Crippen LogP contribution in [0.25, 0.3) is 0 Å². The minimum absolute atomic E-state index is 0.0139. The molecule has 5 nitrogen and oxygen atoms in total. The molecule has 27 heavy (non-hydrogen) atoms. The van der Waals surface area contributed by atoms with E-state index in [4.69, 9.17) is 4.74 Å². The molecule has 1 aromatic carbocycles. The Hall–Kier alpha value is -2.35. The van der Waals surface area contributed by atoms with Gasteiger partial charge >= 0.3 is 6.18 Å². The van der Waals surface area contributed by atoms with E-state index in [-0.39, 0.29) is 17.9 Å². The molecule has 1 spiro atoms. The molecule has 3 heterocycles. The highest BCUT2D eigenvalue weighted by molar-refractivity contribution is 5.79. The van der Waals surface area contributed by atoms with Crippen molar-refractivity contribution in [3.63, 3.8) is 0 Å². The third-order valence-electron chi connectivity index (χ3n) is 5.51. The predicted molar refractivity (Wildman–Crippen MR) is 90.9 cm³/mol. The number of piperidine rings is 1. The second-order valence-corrected chi connectivity index (χ2v) is 7.08. The number of likely N-dealkylation sites (tertiary alicyclic amines) is 1. The molecule has 0 saturated carbocycles. The largest absolute Gasteiger partial charge is 0.416 e. The van der Waals surface area contributed by atoms with E-state index in [1.165, 1.54) is 18.2 Å². The molecule has 4 rings (SSSR count). The van der Waals surface area contributed by atoms with E-state index in [9.17, 15) is 18.0 Å². The fourth-order valence-electron chi connectivity index (χ4n) is 4.06. The molecule has 0 aliphatic carbocycles. The second kappa shape index (κ2) is 6.67. The van der Waals surface area contributed by atoms with Gasteiger partial charge in [-0.05, 0) is 36.5 Å². The number of ether oxygens (including phenoxy) is 1. The zero-order valence-electron chi connectivity index (χ0n) is 14.7. The molecule has 1 fully saturated rings. The summed E-state index contributed by atoms with van der Waals surface area (Å²) in [5, 5.41) is 7.13. The van der Waals surface area contributed by atoms with E-state index >= 15 is 0 Å². The van der Waals surface area contributed by atoms with Gasteiger partial charge in [0, 0.05) is 13.1 Å². The molecule has 0 bridgehead atoms. The van der Waals surface area contributed by atoms with Gasteiger partial charge < -0.3 is 9.64 Å². The van der Waals surface area contributed by atoms with Crippen molar-refractivity contribution in [2.45, 2.75) is 37.5 Å². The van der Waals surface area contributed by atoms with Crippen LogP contribution >= 0.6 is 0 Å². The molecule has 2 aliphatic rings. The number of nitrogens with one attached hydrogen (secondary N) is 1. The van der Waals surface area contributed by atoms with Crippen LogP contribution in [0.1, 0.15) is 35.2 Å². The van der Waals surface area contributed by atoms with Gasteiger partial charge in [0.1, 0.15) is 5.60 Å². The topological polar surface area (TPSA) is 58.2 Å². The third kappa shape index (κ3) is 3.34. The van der Waals surface area contributed by atoms with E-state index in [0.717, 1.165) is 23.7 Å². The molecule has 0 unspecified atom stereocenters. The molecular formula is C19H20F3N3O2. The monoisotopic (exact) mass is 379 g/mol. The van der Waals surface area contributed by atoms with Gasteiger partial charge in [-0.3, -0.25) is 9.89 Å². The molecule has 144 valence electrons. The number of rotatable bonds is 2. The van der Waals surface area contributed by atoms with Crippen molar-refractivity contribution in [2.75, 3.05) is 19.7 Å². The van der Waals surface area contributed by atoms with Crippen LogP contribution < -0.4 is 0 Å². The highest BCUT2D eigenvalue weighted by Crippen LogP contribution is 2.40. The summed E-state index contributed by atoms with van der Waals surface area (Å²) in [7, 11) is 0. The van der Waals surface area contributed by atoms with Crippen LogP contribution in [0.2, 0.25) is 0 Å². The Morgan fingerprint density at radius 2 is 2.00 bits per heavy atom. The second-order valence-electron chi connectivity index (χ2n) is 7.08. The van der Waals surface area contributed by atoms with Crippen LogP contribution in [0.4, 0.5) is 13.2 Å². The van der Waals surface area contributed by atoms with Gasteiger partial charge in [0.05, 0.1) is 30.5 Å². The number of hydrogen-bond donors (Lipinski definition) is 1. The number of aromatic amines is 1. The number of amides is 1. The molecule has 8 heteroatoms. The molecule has 1 aromatic heterocycles. The molecule has 2 aromatic rings. The maximum Gasteiger partial charge on any atom is 0.416 e. The first-order valence-electron chi connectivity index (χ1n) is 8.99. The van der Waals surface area contributed by atoms with Crippen molar-refractivity contribution in [3.05, 3.63) is 52.8 Å². The lowest BCUT2D eigenvalue weighted by molar-refractivity contribution is -0.141. The van der Waals surface area contributed by atoms with Crippen LogP contribution in [-0.4, -0.2) is 40.7 Å². The average Bonchev–Trinajstić information content (AvgIpc) is 3.12. The summed E-state index contributed by atoms with van der Waals surface area (Å²) in [6.07, 6.45) is -0.881. The normalized spacial score (nSPS) is 19.1. The highest BCUT2D eigenvalue weighted by atomic mass is 19.4. The Morgan fingerprint density at radius 1 is 1.26 bits per heavy atom. The maximum atomic E-state index is 13.1. The molecule has 0 radical (unpaired) electrons. The summed E-state index contributed by atoms with van der Waals surface area (Å²) in [6.45, 7) is 1.51. The van der Waals surface area contributed by atoms with Crippen molar-refractivity contribution in [2.24, 2.45) is 0 Å². The van der Waals surface area contributed by atoms with E-state index in [2.05, 4.69) is 10.2 Å². The summed E-state index contributed by atoms with van der Waals surface area (Å²) in [5.74, 6) is -0.290. The molecular weight excluding hydrogens is 359 g/mol. The van der Waals surface area contributed by atoms with Gasteiger partial charge in [0.25, 0.3) is 0 Å². The van der Waals surface area contributed by atoms with Crippen molar-refractivity contribution in [1.82, 2.24) is 15.1 Å². The van der Waals surface area contributed by atoms with Gasteiger partial charge in [-0.15, -0.1) is 0 Å². The number of H-pyrrole nitrogens is 1. The number of carbonyl (C=O) groups is 1. The Labute approximate surface area is 154 Å². The van der Waals surface area contributed by atoms with E-state index < -0.39 is 17.3 Å². The number of benzene rings is 1. The van der Waals surface area contributed by atoms with Gasteiger partial charge in [-0.2, -0.15) is 18.3 Å². The third-order valence-corrected chi connectivity index (χ3v) is 5.51. The van der Waals surface area contributed by atoms with Crippen LogP contribution in [-0.2, 0) is 34.2 Å². The maximum absolute atomic E-state index is 13.1. The number of alkyl halides is 3. The molecule has 1 saturated heterocycles. The van der Waals surface area contributed by atoms with Crippen LogP contribution in [0.15, 0.2) is 30.5 Å². The van der Waals surface area contributed by atoms with E-state index in [1.54, 1.807) is 4.90 Å². The number of hydrogen-bond acceptors (Lipinski definition) is 3. The molecule has 0 atom stereocenters. The summed E-state index contributed by atoms with van der Waals surface area (Å²) < 4.78 is 45.5. The Morgan fingerprint density at radius 3 is 2.74 bits per heavy atom. The zero-order chi connectivity index (χ0) is 19.1. The number of carbonyl (C=O) groups excluding carboxylic acids is 1. The van der Waals surface area contributed by atoms with Crippen molar-refractivity contribution in [3.8, 4) is 0 Å². The van der Waals surface area contributed by atoms with Crippen molar-refractivity contribution < 1.29 is 22.7 Å². The number of fused-ring (bicyclic) bond motifs is 2. The number of nitrogens with zero attached hydrogens (tertiary/aromatic N) is 2. The SMILES string of the molecule is O=C(Cc1ccccc1C(F)(F)F)N1CCC2(CC1)OCCc1cn[nH]c12. The molecule has 1 N–H and O–H groups in total. The lowest BCUT2D eigenvalue weighted by Crippen LogP contribution is -2.48. The van der Waals surface area contributed by atoms with Crippen molar-refractivity contribution >= 4 is 5.91 Å². The van der Waals surface area contributed by atoms with Crippen LogP contribution in [0.5, 0.6) is 0 Å². The first-order valence-corrected chi connectivity index (χ1v) is 8.99. The van der Waals surface area contributed by atoms with E-state index in [0.29, 0.717) is 32.5 Å². The first-order chi connectivity index (χ1) is 12.9. The number of aromatic nitrogens is 2. The van der Waals surface area contributed by atoms with Crippen molar-refractivity contribution in [1.29, 1.82) is 0 Å². The predicted octanol–water partition coefficient (Wildman–Crippen LogP) is 3.06. The minimum Gasteiger partial charge on any atom is -0.368 e. The molecule has 1 amide bonds. The zero-order valence-corrected chi connectivity index (χ0v) is 14.7. The molecule has 2 aliphatic heterocycles. The fourth-order valence-corrected chi connectivity index (χ4v) is 4.06. The smallest absolute Gasteiger partial charge is 0.368 e. The summed E-state index contributed by atoms with van der Waals surface area (Å²) in [5.41, 5.74) is 0.915. The Kier molecular flexibility index (Phi) is 4.46. The number of halogens is 3. The summed E-state index contributed by atoms with van der Waals surface area (Å²) >= 11 is 0. The van der Waals surface area contributed by atoms with Gasteiger partial charge in [-0.1, -0.05) is 18.2 Å².